The van der Waals surface area contributed by atoms with Gasteiger partial charge in [-0.1, -0.05) is 13.8 Å². The van der Waals surface area contributed by atoms with Crippen molar-refractivity contribution in [1.82, 2.24) is 0 Å². The Morgan fingerprint density at radius 2 is 1.78 bits per heavy atom. The van der Waals surface area contributed by atoms with Crippen molar-refractivity contribution in [2.45, 2.75) is 71.3 Å². The number of rotatable bonds is 0. The third-order valence-corrected chi connectivity index (χ3v) is 8.53. The highest BCUT2D eigenvalue weighted by Crippen LogP contribution is 2.66. The van der Waals surface area contributed by atoms with Crippen LogP contribution >= 0.6 is 0 Å². The predicted octanol–water partition coefficient (Wildman–Crippen LogP) is 4.01. The van der Waals surface area contributed by atoms with Crippen molar-refractivity contribution in [3.63, 3.8) is 0 Å². The Hall–Kier alpha value is -0.830. The van der Waals surface area contributed by atoms with Gasteiger partial charge in [0.05, 0.1) is 12.4 Å². The predicted molar refractivity (Wildman–Crippen MR) is 88.8 cm³/mol. The fourth-order valence-corrected chi connectivity index (χ4v) is 7.10. The lowest BCUT2D eigenvalue weighted by Gasteiger charge is -2.60. The van der Waals surface area contributed by atoms with Gasteiger partial charge in [-0.2, -0.15) is 0 Å². The number of allylic oxidation sites excluding steroid dienone is 1. The zero-order chi connectivity index (χ0) is 16.4. The van der Waals surface area contributed by atoms with Crippen LogP contribution in [-0.2, 0) is 4.79 Å². The molecular formula is C20H30O3. The van der Waals surface area contributed by atoms with E-state index < -0.39 is 0 Å². The molecule has 0 saturated heterocycles. The number of carbonyl (C=O) groups is 1. The maximum absolute atomic E-state index is 12.2. The van der Waals surface area contributed by atoms with E-state index in [4.69, 9.17) is 0 Å². The molecule has 3 heteroatoms. The van der Waals surface area contributed by atoms with Crippen LogP contribution in [0.2, 0.25) is 0 Å². The summed E-state index contributed by atoms with van der Waals surface area (Å²) in [7, 11) is 0. The summed E-state index contributed by atoms with van der Waals surface area (Å²) in [5.41, 5.74) is 0.911. The Labute approximate surface area is 139 Å². The van der Waals surface area contributed by atoms with Crippen LogP contribution in [0.15, 0.2) is 11.8 Å². The molecule has 4 aliphatic carbocycles. The molecule has 0 amide bonds. The number of aliphatic hydroxyl groups excluding tert-OH is 2. The first kappa shape index (κ1) is 15.7. The van der Waals surface area contributed by atoms with Crippen LogP contribution in [0, 0.1) is 34.5 Å². The van der Waals surface area contributed by atoms with Gasteiger partial charge in [0.15, 0.2) is 5.78 Å². The van der Waals surface area contributed by atoms with Gasteiger partial charge in [-0.25, -0.2) is 0 Å². The molecule has 0 heterocycles. The van der Waals surface area contributed by atoms with Crippen molar-refractivity contribution in [3.05, 3.63) is 11.8 Å². The Morgan fingerprint density at radius 1 is 1.04 bits per heavy atom. The van der Waals surface area contributed by atoms with E-state index in [-0.39, 0.29) is 22.7 Å². The van der Waals surface area contributed by atoms with Gasteiger partial charge in [0, 0.05) is 12.0 Å². The van der Waals surface area contributed by atoms with E-state index in [0.717, 1.165) is 31.9 Å². The lowest BCUT2D eigenvalue weighted by Crippen LogP contribution is -2.54. The number of hydrogen-bond acceptors (Lipinski definition) is 3. The number of carbonyl (C=O) groups excluding carboxylic acids is 1. The van der Waals surface area contributed by atoms with Gasteiger partial charge < -0.3 is 10.2 Å². The Balaban J connectivity index is 1.66. The highest BCUT2D eigenvalue weighted by atomic mass is 16.3. The second-order valence-corrected chi connectivity index (χ2v) is 9.25. The van der Waals surface area contributed by atoms with Gasteiger partial charge in [0.2, 0.25) is 0 Å². The molecule has 4 rings (SSSR count). The number of hydrogen-bond donors (Lipinski definition) is 2. The molecular weight excluding hydrogens is 288 g/mol. The molecule has 0 aromatic carbocycles. The first-order valence-corrected chi connectivity index (χ1v) is 9.44. The van der Waals surface area contributed by atoms with Crippen molar-refractivity contribution in [3.8, 4) is 0 Å². The summed E-state index contributed by atoms with van der Waals surface area (Å²) in [4.78, 5) is 12.2. The smallest absolute Gasteiger partial charge is 0.162 e. The maximum Gasteiger partial charge on any atom is 0.162 e. The van der Waals surface area contributed by atoms with Crippen molar-refractivity contribution < 1.29 is 15.0 Å². The largest absolute Gasteiger partial charge is 0.515 e. The summed E-state index contributed by atoms with van der Waals surface area (Å²) in [5.74, 6) is 2.63. The number of aliphatic hydroxyl groups is 2. The summed E-state index contributed by atoms with van der Waals surface area (Å²) in [6.45, 7) is 4.68. The molecule has 3 nitrogen and oxygen atoms in total. The van der Waals surface area contributed by atoms with Crippen molar-refractivity contribution in [2.75, 3.05) is 0 Å². The van der Waals surface area contributed by atoms with Gasteiger partial charge in [-0.3, -0.25) is 4.79 Å². The standard InChI is InChI=1S/C20H30O3/c1-19-8-7-16-14(15(19)5-6-18(19)23)4-3-13-9-17(22)12(11-21)10-20(13,16)2/h11,13-16,18,21,23H,3-10H2,1-2H3/b12-11-/t13-,14+,15+,16+,18-,19+,20+/m1/s1. The highest BCUT2D eigenvalue weighted by molar-refractivity contribution is 5.96. The van der Waals surface area contributed by atoms with E-state index in [1.54, 1.807) is 0 Å². The SMILES string of the molecule is C[C@]12C/C(=C/O)C(=O)C[C@H]1CC[C@@H]1[C@@H]2CC[C@]2(C)[C@H](O)CC[C@@H]12. The molecule has 23 heavy (non-hydrogen) atoms. The topological polar surface area (TPSA) is 57.5 Å². The Kier molecular flexibility index (Phi) is 3.46. The van der Waals surface area contributed by atoms with Crippen LogP contribution in [0.3, 0.4) is 0 Å². The molecule has 128 valence electrons. The van der Waals surface area contributed by atoms with Crippen LogP contribution in [0.25, 0.3) is 0 Å². The Morgan fingerprint density at radius 3 is 2.52 bits per heavy atom. The molecule has 0 spiro atoms. The number of fused-ring (bicyclic) bond motifs is 5. The molecule has 0 radical (unpaired) electrons. The zero-order valence-corrected chi connectivity index (χ0v) is 14.4. The quantitative estimate of drug-likeness (QED) is 0.524. The molecule has 4 fully saturated rings. The van der Waals surface area contributed by atoms with Gasteiger partial charge >= 0.3 is 0 Å². The summed E-state index contributed by atoms with van der Waals surface area (Å²) in [6, 6.07) is 0. The monoisotopic (exact) mass is 318 g/mol. The maximum atomic E-state index is 12.2. The second kappa shape index (κ2) is 5.08. The second-order valence-electron chi connectivity index (χ2n) is 9.25. The van der Waals surface area contributed by atoms with E-state index in [9.17, 15) is 15.0 Å². The molecule has 2 N–H and O–H groups in total. The van der Waals surface area contributed by atoms with Gasteiger partial charge in [-0.05, 0) is 79.4 Å². The average Bonchev–Trinajstić information content (AvgIpc) is 2.83. The van der Waals surface area contributed by atoms with Gasteiger partial charge in [0.1, 0.15) is 0 Å². The molecule has 7 atom stereocenters. The lowest BCUT2D eigenvalue weighted by atomic mass is 9.45. The Bertz CT molecular complexity index is 553. The fraction of sp³-hybridized carbons (Fsp3) is 0.850. The molecule has 0 bridgehead atoms. The van der Waals surface area contributed by atoms with Crippen LogP contribution in [0.4, 0.5) is 0 Å². The minimum atomic E-state index is -0.125. The summed E-state index contributed by atoms with van der Waals surface area (Å²) in [6.07, 6.45) is 9.11. The van der Waals surface area contributed by atoms with Gasteiger partial charge in [0.25, 0.3) is 0 Å². The number of ketones is 1. The minimum absolute atomic E-state index is 0.116. The molecule has 0 aromatic heterocycles. The molecule has 0 aliphatic heterocycles. The number of Topliss-reactive ketones (excluding diaryl/α,β-unsaturated/α-hetero) is 1. The molecule has 0 aromatic rings. The molecule has 4 saturated carbocycles. The first-order valence-electron chi connectivity index (χ1n) is 9.44. The third-order valence-electron chi connectivity index (χ3n) is 8.53. The van der Waals surface area contributed by atoms with Crippen LogP contribution in [0.1, 0.15) is 65.2 Å². The van der Waals surface area contributed by atoms with E-state index in [1.807, 2.05) is 0 Å². The zero-order valence-electron chi connectivity index (χ0n) is 14.4. The van der Waals surface area contributed by atoms with Crippen molar-refractivity contribution >= 4 is 5.78 Å². The summed E-state index contributed by atoms with van der Waals surface area (Å²) in [5, 5.41) is 20.0. The highest BCUT2D eigenvalue weighted by Gasteiger charge is 2.60. The summed E-state index contributed by atoms with van der Waals surface area (Å²) < 4.78 is 0. The van der Waals surface area contributed by atoms with Crippen molar-refractivity contribution in [1.29, 1.82) is 0 Å². The average molecular weight is 318 g/mol. The minimum Gasteiger partial charge on any atom is -0.515 e. The first-order chi connectivity index (χ1) is 10.9. The van der Waals surface area contributed by atoms with Crippen LogP contribution < -0.4 is 0 Å². The van der Waals surface area contributed by atoms with Gasteiger partial charge in [-0.15, -0.1) is 0 Å². The van der Waals surface area contributed by atoms with Crippen LogP contribution in [-0.4, -0.2) is 22.1 Å². The summed E-state index contributed by atoms with van der Waals surface area (Å²) >= 11 is 0. The van der Waals surface area contributed by atoms with E-state index >= 15 is 0 Å². The molecule has 0 unspecified atom stereocenters. The van der Waals surface area contributed by atoms with E-state index in [0.29, 0.717) is 35.7 Å². The lowest BCUT2D eigenvalue weighted by molar-refractivity contribution is -0.135. The molecule has 4 aliphatic rings. The fourth-order valence-electron chi connectivity index (χ4n) is 7.10. The van der Waals surface area contributed by atoms with Crippen molar-refractivity contribution in [2.24, 2.45) is 34.5 Å². The third kappa shape index (κ3) is 2.01. The van der Waals surface area contributed by atoms with Crippen LogP contribution in [0.5, 0.6) is 0 Å². The van der Waals surface area contributed by atoms with E-state index in [1.165, 1.54) is 19.3 Å². The van der Waals surface area contributed by atoms with E-state index in [2.05, 4.69) is 13.8 Å². The normalized spacial score (nSPS) is 54.5.